The molecule has 3 rings (SSSR count). The summed E-state index contributed by atoms with van der Waals surface area (Å²) in [6.45, 7) is 6.00. The topological polar surface area (TPSA) is 61.8 Å². The third-order valence-corrected chi connectivity index (χ3v) is 5.17. The number of likely N-dealkylation sites (tertiary alicyclic amines) is 1. The van der Waals surface area contributed by atoms with E-state index in [-0.39, 0.29) is 18.1 Å². The maximum atomic E-state index is 12.3. The minimum Gasteiger partial charge on any atom is -0.393 e. The number of aliphatic hydroxyl groups excluding tert-OH is 1. The SMILES string of the molecule is CC1CCOC1C(=O)NCc1ccccc1CN1CCC(O)CC1. The molecule has 2 fully saturated rings. The zero-order chi connectivity index (χ0) is 16.9. The van der Waals surface area contributed by atoms with Crippen molar-refractivity contribution in [3.63, 3.8) is 0 Å². The number of rotatable bonds is 5. The Kier molecular flexibility index (Phi) is 5.87. The van der Waals surface area contributed by atoms with Crippen LogP contribution in [0.2, 0.25) is 0 Å². The molecule has 2 N–H and O–H groups in total. The highest BCUT2D eigenvalue weighted by atomic mass is 16.5. The molecule has 5 nitrogen and oxygen atoms in total. The molecular weight excluding hydrogens is 304 g/mol. The van der Waals surface area contributed by atoms with Gasteiger partial charge in [0.1, 0.15) is 6.10 Å². The van der Waals surface area contributed by atoms with Crippen molar-refractivity contribution in [1.82, 2.24) is 10.2 Å². The van der Waals surface area contributed by atoms with Crippen molar-refractivity contribution in [2.45, 2.75) is 51.5 Å². The molecule has 2 saturated heterocycles. The van der Waals surface area contributed by atoms with Crippen LogP contribution in [0.15, 0.2) is 24.3 Å². The molecule has 0 radical (unpaired) electrons. The van der Waals surface area contributed by atoms with Crippen LogP contribution in [0.5, 0.6) is 0 Å². The molecule has 2 atom stereocenters. The molecule has 1 aromatic rings. The number of amides is 1. The van der Waals surface area contributed by atoms with E-state index in [1.165, 1.54) is 5.56 Å². The van der Waals surface area contributed by atoms with Crippen LogP contribution in [-0.4, -0.2) is 47.8 Å². The Balaban J connectivity index is 1.56. The molecule has 24 heavy (non-hydrogen) atoms. The highest BCUT2D eigenvalue weighted by molar-refractivity contribution is 5.81. The Bertz CT molecular complexity index is 555. The summed E-state index contributed by atoms with van der Waals surface area (Å²) in [7, 11) is 0. The first kappa shape index (κ1) is 17.4. The Morgan fingerprint density at radius 1 is 1.25 bits per heavy atom. The fraction of sp³-hybridized carbons (Fsp3) is 0.632. The van der Waals surface area contributed by atoms with Gasteiger partial charge in [-0.15, -0.1) is 0 Å². The van der Waals surface area contributed by atoms with Crippen molar-refractivity contribution in [2.75, 3.05) is 19.7 Å². The first-order valence-electron chi connectivity index (χ1n) is 9.00. The quantitative estimate of drug-likeness (QED) is 0.861. The molecule has 0 saturated carbocycles. The summed E-state index contributed by atoms with van der Waals surface area (Å²) < 4.78 is 5.53. The van der Waals surface area contributed by atoms with Crippen LogP contribution in [0, 0.1) is 5.92 Å². The third-order valence-electron chi connectivity index (χ3n) is 5.17. The fourth-order valence-electron chi connectivity index (χ4n) is 3.52. The summed E-state index contributed by atoms with van der Waals surface area (Å²) in [5.41, 5.74) is 2.40. The summed E-state index contributed by atoms with van der Waals surface area (Å²) in [6, 6.07) is 8.26. The highest BCUT2D eigenvalue weighted by Crippen LogP contribution is 2.21. The largest absolute Gasteiger partial charge is 0.393 e. The van der Waals surface area contributed by atoms with Crippen LogP contribution < -0.4 is 5.32 Å². The zero-order valence-electron chi connectivity index (χ0n) is 14.4. The monoisotopic (exact) mass is 332 g/mol. The predicted molar refractivity (Wildman–Crippen MR) is 92.3 cm³/mol. The van der Waals surface area contributed by atoms with E-state index >= 15 is 0 Å². The molecule has 0 aliphatic carbocycles. The van der Waals surface area contributed by atoms with Crippen LogP contribution in [0.3, 0.4) is 0 Å². The summed E-state index contributed by atoms with van der Waals surface area (Å²) in [6.07, 6.45) is 2.19. The molecule has 0 bridgehead atoms. The molecule has 132 valence electrons. The van der Waals surface area contributed by atoms with Crippen molar-refractivity contribution < 1.29 is 14.6 Å². The highest BCUT2D eigenvalue weighted by Gasteiger charge is 2.30. The van der Waals surface area contributed by atoms with Crippen LogP contribution in [-0.2, 0) is 22.6 Å². The zero-order valence-corrected chi connectivity index (χ0v) is 14.4. The second-order valence-electron chi connectivity index (χ2n) is 7.05. The normalized spacial score (nSPS) is 25.8. The molecule has 2 aliphatic heterocycles. The van der Waals surface area contributed by atoms with Crippen molar-refractivity contribution in [1.29, 1.82) is 0 Å². The van der Waals surface area contributed by atoms with E-state index in [2.05, 4.69) is 29.3 Å². The average molecular weight is 332 g/mol. The van der Waals surface area contributed by atoms with Gasteiger partial charge in [0.15, 0.2) is 0 Å². The summed E-state index contributed by atoms with van der Waals surface area (Å²) in [5, 5.41) is 12.7. The number of aliphatic hydroxyl groups is 1. The lowest BCUT2D eigenvalue weighted by Crippen LogP contribution is -2.37. The molecule has 2 aliphatic rings. The van der Waals surface area contributed by atoms with Crippen LogP contribution in [0.25, 0.3) is 0 Å². The summed E-state index contributed by atoms with van der Waals surface area (Å²) in [5.74, 6) is 0.288. The van der Waals surface area contributed by atoms with Crippen LogP contribution in [0.4, 0.5) is 0 Å². The number of carbonyl (C=O) groups excluding carboxylic acids is 1. The average Bonchev–Trinajstić information content (AvgIpc) is 3.02. The van der Waals surface area contributed by atoms with Crippen LogP contribution in [0.1, 0.15) is 37.3 Å². The summed E-state index contributed by atoms with van der Waals surface area (Å²) >= 11 is 0. The van der Waals surface area contributed by atoms with Crippen molar-refractivity contribution in [3.05, 3.63) is 35.4 Å². The first-order chi connectivity index (χ1) is 11.6. The van der Waals surface area contributed by atoms with Gasteiger partial charge in [0.25, 0.3) is 0 Å². The molecule has 2 heterocycles. The van der Waals surface area contributed by atoms with Gasteiger partial charge in [0.05, 0.1) is 6.10 Å². The van der Waals surface area contributed by atoms with Gasteiger partial charge in [-0.1, -0.05) is 31.2 Å². The molecular formula is C19H28N2O3. The van der Waals surface area contributed by atoms with E-state index in [4.69, 9.17) is 4.74 Å². The standard InChI is InChI=1S/C19H28N2O3/c1-14-8-11-24-18(14)19(23)20-12-15-4-2-3-5-16(15)13-21-9-6-17(22)7-10-21/h2-5,14,17-18,22H,6-13H2,1H3,(H,20,23). The number of piperidine rings is 1. The van der Waals surface area contributed by atoms with Crippen LogP contribution >= 0.6 is 0 Å². The second kappa shape index (κ2) is 8.10. The van der Waals surface area contributed by atoms with Crippen molar-refractivity contribution >= 4 is 5.91 Å². The molecule has 1 aromatic carbocycles. The van der Waals surface area contributed by atoms with Gasteiger partial charge in [0, 0.05) is 32.8 Å². The van der Waals surface area contributed by atoms with E-state index in [1.54, 1.807) is 0 Å². The van der Waals surface area contributed by atoms with Gasteiger partial charge in [-0.2, -0.15) is 0 Å². The third kappa shape index (κ3) is 4.35. The second-order valence-corrected chi connectivity index (χ2v) is 7.05. The Morgan fingerprint density at radius 2 is 1.96 bits per heavy atom. The number of hydrogen-bond acceptors (Lipinski definition) is 4. The van der Waals surface area contributed by atoms with Gasteiger partial charge < -0.3 is 15.2 Å². The number of nitrogens with one attached hydrogen (secondary N) is 1. The Hall–Kier alpha value is -1.43. The van der Waals surface area contributed by atoms with Gasteiger partial charge in [-0.3, -0.25) is 9.69 Å². The van der Waals surface area contributed by atoms with Gasteiger partial charge in [0.2, 0.25) is 5.91 Å². The lowest BCUT2D eigenvalue weighted by molar-refractivity contribution is -0.131. The number of benzene rings is 1. The number of hydrogen-bond donors (Lipinski definition) is 2. The predicted octanol–water partition coefficient (Wildman–Crippen LogP) is 1.68. The maximum Gasteiger partial charge on any atom is 0.249 e. The lowest BCUT2D eigenvalue weighted by Gasteiger charge is -2.30. The minimum absolute atomic E-state index is 0.00380. The minimum atomic E-state index is -0.305. The molecule has 0 aromatic heterocycles. The molecule has 5 heteroatoms. The van der Waals surface area contributed by atoms with Gasteiger partial charge in [-0.25, -0.2) is 0 Å². The van der Waals surface area contributed by atoms with E-state index in [1.807, 2.05) is 12.1 Å². The van der Waals surface area contributed by atoms with Crippen molar-refractivity contribution in [2.24, 2.45) is 5.92 Å². The number of ether oxygens (including phenoxy) is 1. The van der Waals surface area contributed by atoms with E-state index in [0.717, 1.165) is 44.5 Å². The molecule has 1 amide bonds. The molecule has 2 unspecified atom stereocenters. The maximum absolute atomic E-state index is 12.3. The lowest BCUT2D eigenvalue weighted by atomic mass is 10.0. The van der Waals surface area contributed by atoms with Gasteiger partial charge in [-0.05, 0) is 36.3 Å². The Labute approximate surface area is 144 Å². The summed E-state index contributed by atoms with van der Waals surface area (Å²) in [4.78, 5) is 14.7. The molecule has 0 spiro atoms. The van der Waals surface area contributed by atoms with Gasteiger partial charge >= 0.3 is 0 Å². The smallest absolute Gasteiger partial charge is 0.249 e. The van der Waals surface area contributed by atoms with E-state index in [0.29, 0.717) is 19.1 Å². The van der Waals surface area contributed by atoms with Crippen molar-refractivity contribution in [3.8, 4) is 0 Å². The van der Waals surface area contributed by atoms with E-state index in [9.17, 15) is 9.90 Å². The number of nitrogens with zero attached hydrogens (tertiary/aromatic N) is 1. The van der Waals surface area contributed by atoms with E-state index < -0.39 is 0 Å². The Morgan fingerprint density at radius 3 is 2.62 bits per heavy atom. The fourth-order valence-corrected chi connectivity index (χ4v) is 3.52. The first-order valence-corrected chi connectivity index (χ1v) is 9.00. The number of carbonyl (C=O) groups is 1.